The molecule has 0 aliphatic carbocycles. The first-order valence-corrected chi connectivity index (χ1v) is 12.5. The van der Waals surface area contributed by atoms with Crippen molar-refractivity contribution >= 4 is 27.7 Å². The average Bonchev–Trinajstić information content (AvgIpc) is 2.78. The predicted molar refractivity (Wildman–Crippen MR) is 131 cm³/mol. The summed E-state index contributed by atoms with van der Waals surface area (Å²) in [6.07, 6.45) is 0.341. The monoisotopic (exact) mass is 492 g/mol. The van der Waals surface area contributed by atoms with Crippen molar-refractivity contribution in [3.63, 3.8) is 0 Å². The molecular weight excluding hydrogens is 459 g/mol. The molecule has 0 aliphatic rings. The van der Waals surface area contributed by atoms with Crippen LogP contribution in [-0.4, -0.2) is 62.2 Å². The highest BCUT2D eigenvalue weighted by atomic mass is 32.2. The molecule has 2 aromatic rings. The van der Waals surface area contributed by atoms with Crippen molar-refractivity contribution in [1.82, 2.24) is 14.5 Å². The molecule has 0 aromatic heterocycles. The van der Waals surface area contributed by atoms with Crippen molar-refractivity contribution in [2.75, 3.05) is 24.9 Å². The van der Waals surface area contributed by atoms with Gasteiger partial charge in [-0.05, 0) is 50.1 Å². The minimum atomic E-state index is -4.08. The molecule has 0 saturated carbocycles. The number of hydrogen-bond acceptors (Lipinski definition) is 4. The predicted octanol–water partition coefficient (Wildman–Crippen LogP) is 2.77. The van der Waals surface area contributed by atoms with Gasteiger partial charge in [-0.1, -0.05) is 37.3 Å². The molecule has 0 spiro atoms. The number of nitrogens with zero attached hydrogens (tertiary/aromatic N) is 3. The van der Waals surface area contributed by atoms with Gasteiger partial charge >= 0.3 is 10.2 Å². The summed E-state index contributed by atoms with van der Waals surface area (Å²) in [4.78, 5) is 27.9. The van der Waals surface area contributed by atoms with E-state index in [1.165, 1.54) is 31.1 Å². The van der Waals surface area contributed by atoms with Gasteiger partial charge in [0.15, 0.2) is 0 Å². The van der Waals surface area contributed by atoms with Crippen molar-refractivity contribution in [2.24, 2.45) is 0 Å². The summed E-state index contributed by atoms with van der Waals surface area (Å²) in [6.45, 7) is 5.03. The van der Waals surface area contributed by atoms with E-state index in [1.54, 1.807) is 6.92 Å². The van der Waals surface area contributed by atoms with Crippen LogP contribution in [0.2, 0.25) is 0 Å². The van der Waals surface area contributed by atoms with E-state index in [1.807, 2.05) is 44.2 Å². The van der Waals surface area contributed by atoms with Gasteiger partial charge in [-0.3, -0.25) is 9.59 Å². The molecule has 8 nitrogen and oxygen atoms in total. The maximum atomic E-state index is 13.6. The lowest BCUT2D eigenvalue weighted by Crippen LogP contribution is -2.54. The smallest absolute Gasteiger partial charge is 0.304 e. The van der Waals surface area contributed by atoms with Crippen LogP contribution in [-0.2, 0) is 26.3 Å². The zero-order valence-corrected chi connectivity index (χ0v) is 21.0. The van der Waals surface area contributed by atoms with Crippen LogP contribution in [0.3, 0.4) is 0 Å². The van der Waals surface area contributed by atoms with E-state index in [0.717, 1.165) is 26.3 Å². The van der Waals surface area contributed by atoms with Crippen molar-refractivity contribution in [2.45, 2.75) is 45.8 Å². The Bertz CT molecular complexity index is 1060. The second kappa shape index (κ2) is 11.9. The van der Waals surface area contributed by atoms with Gasteiger partial charge in [0.25, 0.3) is 0 Å². The standard InChI is InChI=1S/C24H33FN4O4S/c1-6-22(24(31)26-18(2)3)28(16-19-10-8-7-9-11-19)23(30)17-29(34(32,33)27(4)5)21-14-12-20(25)13-15-21/h7-15,18,22H,6,16-17H2,1-5H3,(H,26,31)/t22-/m0/s1. The molecular formula is C24H33FN4O4S. The number of amides is 2. The average molecular weight is 493 g/mol. The first-order valence-electron chi connectivity index (χ1n) is 11.1. The lowest BCUT2D eigenvalue weighted by molar-refractivity contribution is -0.140. The number of carbonyl (C=O) groups excluding carboxylic acids is 2. The van der Waals surface area contributed by atoms with E-state index in [4.69, 9.17) is 0 Å². The van der Waals surface area contributed by atoms with Gasteiger partial charge in [0.05, 0.1) is 5.69 Å². The first kappa shape index (κ1) is 27.3. The highest BCUT2D eigenvalue weighted by Gasteiger charge is 2.33. The van der Waals surface area contributed by atoms with Crippen LogP contribution in [0.1, 0.15) is 32.8 Å². The van der Waals surface area contributed by atoms with Crippen LogP contribution in [0.15, 0.2) is 54.6 Å². The molecule has 0 aliphatic heterocycles. The number of carbonyl (C=O) groups is 2. The summed E-state index contributed by atoms with van der Waals surface area (Å²) in [5.41, 5.74) is 0.943. The molecule has 2 rings (SSSR count). The Morgan fingerprint density at radius 1 is 1.00 bits per heavy atom. The lowest BCUT2D eigenvalue weighted by atomic mass is 10.1. The van der Waals surface area contributed by atoms with Gasteiger partial charge in [-0.15, -0.1) is 0 Å². The normalized spacial score (nSPS) is 12.5. The van der Waals surface area contributed by atoms with Crippen LogP contribution in [0.5, 0.6) is 0 Å². The van der Waals surface area contributed by atoms with Crippen LogP contribution in [0.25, 0.3) is 0 Å². The lowest BCUT2D eigenvalue weighted by Gasteiger charge is -2.34. The molecule has 0 radical (unpaired) electrons. The topological polar surface area (TPSA) is 90.0 Å². The molecule has 0 saturated heterocycles. The van der Waals surface area contributed by atoms with Gasteiger partial charge < -0.3 is 10.2 Å². The molecule has 0 unspecified atom stereocenters. The quantitative estimate of drug-likeness (QED) is 0.522. The van der Waals surface area contributed by atoms with Crippen LogP contribution in [0.4, 0.5) is 10.1 Å². The highest BCUT2D eigenvalue weighted by molar-refractivity contribution is 7.90. The number of nitrogens with one attached hydrogen (secondary N) is 1. The zero-order chi connectivity index (χ0) is 25.5. The molecule has 0 heterocycles. The highest BCUT2D eigenvalue weighted by Crippen LogP contribution is 2.21. The second-order valence-electron chi connectivity index (χ2n) is 8.37. The number of hydrogen-bond donors (Lipinski definition) is 1. The summed E-state index contributed by atoms with van der Waals surface area (Å²) in [5, 5.41) is 2.84. The summed E-state index contributed by atoms with van der Waals surface area (Å²) >= 11 is 0. The van der Waals surface area contributed by atoms with Gasteiger partial charge in [0.2, 0.25) is 11.8 Å². The third-order valence-corrected chi connectivity index (χ3v) is 6.97. The molecule has 2 amide bonds. The minimum Gasteiger partial charge on any atom is -0.352 e. The molecule has 34 heavy (non-hydrogen) atoms. The maximum absolute atomic E-state index is 13.6. The number of halogens is 1. The third-order valence-electron chi connectivity index (χ3n) is 5.15. The van der Waals surface area contributed by atoms with Crippen molar-refractivity contribution in [3.05, 3.63) is 66.0 Å². The van der Waals surface area contributed by atoms with Gasteiger partial charge in [-0.2, -0.15) is 12.7 Å². The Morgan fingerprint density at radius 3 is 2.09 bits per heavy atom. The Labute approximate surface area is 201 Å². The van der Waals surface area contributed by atoms with Crippen molar-refractivity contribution in [1.29, 1.82) is 0 Å². The third kappa shape index (κ3) is 7.01. The summed E-state index contributed by atoms with van der Waals surface area (Å²) in [6, 6.07) is 13.1. The molecule has 0 bridgehead atoms. The van der Waals surface area contributed by atoms with Gasteiger partial charge in [-0.25, -0.2) is 8.70 Å². The SMILES string of the molecule is CC[C@@H](C(=O)NC(C)C)N(Cc1ccccc1)C(=O)CN(c1ccc(F)cc1)S(=O)(=O)N(C)C. The summed E-state index contributed by atoms with van der Waals surface area (Å²) in [7, 11) is -1.38. The molecule has 1 N–H and O–H groups in total. The first-order chi connectivity index (χ1) is 16.0. The molecule has 0 fully saturated rings. The molecule has 1 atom stereocenters. The van der Waals surface area contributed by atoms with E-state index in [0.29, 0.717) is 6.42 Å². The van der Waals surface area contributed by atoms with Crippen LogP contribution in [0, 0.1) is 5.82 Å². The number of rotatable bonds is 11. The molecule has 10 heteroatoms. The van der Waals surface area contributed by atoms with Crippen LogP contribution >= 0.6 is 0 Å². The Morgan fingerprint density at radius 2 is 1.59 bits per heavy atom. The van der Waals surface area contributed by atoms with Crippen molar-refractivity contribution < 1.29 is 22.4 Å². The molecule has 186 valence electrons. The van der Waals surface area contributed by atoms with E-state index < -0.39 is 34.5 Å². The summed E-state index contributed by atoms with van der Waals surface area (Å²) in [5.74, 6) is -1.39. The maximum Gasteiger partial charge on any atom is 0.304 e. The fourth-order valence-corrected chi connectivity index (χ4v) is 4.46. The zero-order valence-electron chi connectivity index (χ0n) is 20.2. The van der Waals surface area contributed by atoms with Crippen LogP contribution < -0.4 is 9.62 Å². The Kier molecular flexibility index (Phi) is 9.57. The number of benzene rings is 2. The van der Waals surface area contributed by atoms with Crippen molar-refractivity contribution in [3.8, 4) is 0 Å². The fourth-order valence-electron chi connectivity index (χ4n) is 3.40. The fraction of sp³-hybridized carbons (Fsp3) is 0.417. The van der Waals surface area contributed by atoms with E-state index >= 15 is 0 Å². The largest absolute Gasteiger partial charge is 0.352 e. The van der Waals surface area contributed by atoms with E-state index in [-0.39, 0.29) is 24.2 Å². The minimum absolute atomic E-state index is 0.125. The van der Waals surface area contributed by atoms with E-state index in [2.05, 4.69) is 5.32 Å². The van der Waals surface area contributed by atoms with E-state index in [9.17, 15) is 22.4 Å². The van der Waals surface area contributed by atoms with Gasteiger partial charge in [0, 0.05) is 26.7 Å². The Balaban J connectivity index is 2.47. The summed E-state index contributed by atoms with van der Waals surface area (Å²) < 4.78 is 41.5. The molecule has 2 aromatic carbocycles. The van der Waals surface area contributed by atoms with Gasteiger partial charge in [0.1, 0.15) is 18.4 Å². The second-order valence-corrected chi connectivity index (χ2v) is 10.4. The Hall–Kier alpha value is -2.98. The number of anilines is 1.